The number of carbonyl (C=O) groups is 2. The van der Waals surface area contributed by atoms with Crippen LogP contribution in [0.15, 0.2) is 42.5 Å². The first-order chi connectivity index (χ1) is 10.1. The second-order valence-corrected chi connectivity index (χ2v) is 5.24. The van der Waals surface area contributed by atoms with E-state index in [0.717, 1.165) is 17.2 Å². The third kappa shape index (κ3) is 3.91. The summed E-state index contributed by atoms with van der Waals surface area (Å²) in [5, 5.41) is 2.18. The molecule has 1 atom stereocenters. The maximum absolute atomic E-state index is 12.4. The molecule has 0 unspecified atom stereocenters. The number of ketones is 1. The summed E-state index contributed by atoms with van der Waals surface area (Å²) >= 11 is 0. The van der Waals surface area contributed by atoms with Crippen LogP contribution in [-0.4, -0.2) is 18.9 Å². The van der Waals surface area contributed by atoms with E-state index in [2.05, 4.69) is 4.74 Å². The first kappa shape index (κ1) is 15.2. The largest absolute Gasteiger partial charge is 0.469 e. The molecule has 0 bridgehead atoms. The number of esters is 1. The number of hydrogen-bond donors (Lipinski definition) is 0. The Morgan fingerprint density at radius 1 is 1.05 bits per heavy atom. The molecule has 0 heterocycles. The van der Waals surface area contributed by atoms with Gasteiger partial charge in [0.05, 0.1) is 7.11 Å². The zero-order valence-corrected chi connectivity index (χ0v) is 12.5. The zero-order chi connectivity index (χ0) is 15.2. The van der Waals surface area contributed by atoms with E-state index in [0.29, 0.717) is 18.4 Å². The average molecular weight is 284 g/mol. The summed E-state index contributed by atoms with van der Waals surface area (Å²) in [5.74, 6) is -0.138. The molecule has 3 nitrogen and oxygen atoms in total. The van der Waals surface area contributed by atoms with E-state index >= 15 is 0 Å². The van der Waals surface area contributed by atoms with Gasteiger partial charge in [-0.25, -0.2) is 0 Å². The molecule has 0 fully saturated rings. The van der Waals surface area contributed by atoms with E-state index in [-0.39, 0.29) is 17.7 Å². The molecule has 2 rings (SSSR count). The third-order valence-corrected chi connectivity index (χ3v) is 3.81. The van der Waals surface area contributed by atoms with Crippen molar-refractivity contribution in [2.45, 2.75) is 26.2 Å². The van der Waals surface area contributed by atoms with Gasteiger partial charge in [0.1, 0.15) is 0 Å². The first-order valence-electron chi connectivity index (χ1n) is 7.22. The summed E-state index contributed by atoms with van der Waals surface area (Å²) < 4.78 is 4.68. The molecule has 0 saturated carbocycles. The third-order valence-electron chi connectivity index (χ3n) is 3.81. The fraction of sp³-hybridized carbons (Fsp3) is 0.333. The number of ether oxygens (including phenoxy) is 1. The van der Waals surface area contributed by atoms with E-state index < -0.39 is 0 Å². The normalized spacial score (nSPS) is 12.1. The highest BCUT2D eigenvalue weighted by Gasteiger charge is 2.17. The molecule has 110 valence electrons. The minimum Gasteiger partial charge on any atom is -0.469 e. The second-order valence-electron chi connectivity index (χ2n) is 5.24. The van der Waals surface area contributed by atoms with Crippen LogP contribution in [0.3, 0.4) is 0 Å². The summed E-state index contributed by atoms with van der Waals surface area (Å²) in [4.78, 5) is 23.7. The highest BCUT2D eigenvalue weighted by molar-refractivity contribution is 6.00. The Hall–Kier alpha value is -2.16. The number of hydrogen-bond acceptors (Lipinski definition) is 3. The maximum Gasteiger partial charge on any atom is 0.305 e. The van der Waals surface area contributed by atoms with Crippen LogP contribution in [0, 0.1) is 5.92 Å². The van der Waals surface area contributed by atoms with Crippen molar-refractivity contribution in [2.24, 2.45) is 5.92 Å². The molecule has 0 spiro atoms. The van der Waals surface area contributed by atoms with Gasteiger partial charge in [0.15, 0.2) is 5.78 Å². The number of Topliss-reactive ketones (excluding diaryl/α,β-unsaturated/α-hetero) is 1. The highest BCUT2D eigenvalue weighted by atomic mass is 16.5. The number of carbonyl (C=O) groups excluding carboxylic acids is 2. The van der Waals surface area contributed by atoms with E-state index in [9.17, 15) is 9.59 Å². The molecule has 2 aromatic rings. The minimum atomic E-state index is -0.256. The van der Waals surface area contributed by atoms with Crippen LogP contribution < -0.4 is 0 Å². The van der Waals surface area contributed by atoms with Crippen molar-refractivity contribution < 1.29 is 14.3 Å². The number of rotatable bonds is 6. The van der Waals surface area contributed by atoms with Crippen molar-refractivity contribution in [2.75, 3.05) is 7.11 Å². The fourth-order valence-corrected chi connectivity index (χ4v) is 2.42. The molecule has 0 aliphatic heterocycles. The Labute approximate surface area is 124 Å². The van der Waals surface area contributed by atoms with Gasteiger partial charge in [-0.3, -0.25) is 9.59 Å². The van der Waals surface area contributed by atoms with Crippen LogP contribution in [0.1, 0.15) is 36.5 Å². The van der Waals surface area contributed by atoms with Crippen LogP contribution in [0.25, 0.3) is 10.8 Å². The molecule has 3 heteroatoms. The van der Waals surface area contributed by atoms with Gasteiger partial charge < -0.3 is 4.74 Å². The van der Waals surface area contributed by atoms with Gasteiger partial charge in [0.25, 0.3) is 0 Å². The Balaban J connectivity index is 2.11. The lowest BCUT2D eigenvalue weighted by Gasteiger charge is -2.12. The molecule has 21 heavy (non-hydrogen) atoms. The quantitative estimate of drug-likeness (QED) is 0.595. The van der Waals surface area contributed by atoms with E-state index in [4.69, 9.17) is 0 Å². The Morgan fingerprint density at radius 2 is 1.76 bits per heavy atom. The summed E-state index contributed by atoms with van der Waals surface area (Å²) in [6.07, 6.45) is 1.46. The van der Waals surface area contributed by atoms with Gasteiger partial charge in [-0.15, -0.1) is 0 Å². The lowest BCUT2D eigenvalue weighted by atomic mass is 9.92. The second kappa shape index (κ2) is 7.02. The number of benzene rings is 2. The summed E-state index contributed by atoms with van der Waals surface area (Å²) in [5.41, 5.74) is 0.706. The number of fused-ring (bicyclic) bond motifs is 1. The van der Waals surface area contributed by atoms with Crippen molar-refractivity contribution in [1.82, 2.24) is 0 Å². The molecule has 0 aliphatic rings. The summed E-state index contributed by atoms with van der Waals surface area (Å²) in [6.45, 7) is 1.99. The van der Waals surface area contributed by atoms with Gasteiger partial charge in [0.2, 0.25) is 0 Å². The van der Waals surface area contributed by atoms with E-state index in [1.165, 1.54) is 7.11 Å². The monoisotopic (exact) mass is 284 g/mol. The molecule has 0 N–H and O–H groups in total. The molecular formula is C18H20O3. The molecular weight excluding hydrogens is 264 g/mol. The van der Waals surface area contributed by atoms with Crippen molar-refractivity contribution >= 4 is 22.5 Å². The van der Waals surface area contributed by atoms with Gasteiger partial charge in [-0.05, 0) is 22.8 Å². The Bertz CT molecular complexity index is 646. The van der Waals surface area contributed by atoms with Gasteiger partial charge in [-0.1, -0.05) is 49.7 Å². The maximum atomic E-state index is 12.4. The van der Waals surface area contributed by atoms with E-state index in [1.54, 1.807) is 0 Å². The number of methoxy groups -OCH3 is 1. The van der Waals surface area contributed by atoms with E-state index in [1.807, 2.05) is 49.4 Å². The molecule has 0 amide bonds. The van der Waals surface area contributed by atoms with Crippen molar-refractivity contribution in [3.8, 4) is 0 Å². The van der Waals surface area contributed by atoms with Crippen molar-refractivity contribution in [3.63, 3.8) is 0 Å². The van der Waals surface area contributed by atoms with Crippen LogP contribution in [-0.2, 0) is 9.53 Å². The predicted octanol–water partition coefficient (Wildman–Crippen LogP) is 4.00. The SMILES string of the molecule is CC[C@H](CC(=O)OC)CC(=O)c1ccc2ccccc2c1. The lowest BCUT2D eigenvalue weighted by molar-refractivity contribution is -0.141. The van der Waals surface area contributed by atoms with Crippen LogP contribution in [0.2, 0.25) is 0 Å². The van der Waals surface area contributed by atoms with Crippen LogP contribution in [0.5, 0.6) is 0 Å². The molecule has 0 aliphatic carbocycles. The zero-order valence-electron chi connectivity index (χ0n) is 12.5. The van der Waals surface area contributed by atoms with Crippen LogP contribution in [0.4, 0.5) is 0 Å². The van der Waals surface area contributed by atoms with Gasteiger partial charge in [0, 0.05) is 18.4 Å². The minimum absolute atomic E-state index is 0.0384. The van der Waals surface area contributed by atoms with Crippen molar-refractivity contribution in [3.05, 3.63) is 48.0 Å². The molecule has 0 saturated heterocycles. The average Bonchev–Trinajstić information content (AvgIpc) is 2.53. The molecule has 0 aromatic heterocycles. The molecule has 2 aromatic carbocycles. The Kier molecular flexibility index (Phi) is 5.09. The standard InChI is InChI=1S/C18H20O3/c1-3-13(11-18(20)21-2)10-17(19)16-9-8-14-6-4-5-7-15(14)12-16/h4-9,12-13H,3,10-11H2,1-2H3/t13-/m0/s1. The van der Waals surface area contributed by atoms with Gasteiger partial charge in [-0.2, -0.15) is 0 Å². The summed E-state index contributed by atoms with van der Waals surface area (Å²) in [7, 11) is 1.38. The predicted molar refractivity (Wildman–Crippen MR) is 83.3 cm³/mol. The topological polar surface area (TPSA) is 43.4 Å². The molecule has 0 radical (unpaired) electrons. The Morgan fingerprint density at radius 3 is 2.43 bits per heavy atom. The first-order valence-corrected chi connectivity index (χ1v) is 7.22. The summed E-state index contributed by atoms with van der Waals surface area (Å²) in [6, 6.07) is 13.7. The lowest BCUT2D eigenvalue weighted by Crippen LogP contribution is -2.13. The fourth-order valence-electron chi connectivity index (χ4n) is 2.42. The van der Waals surface area contributed by atoms with Crippen LogP contribution >= 0.6 is 0 Å². The highest BCUT2D eigenvalue weighted by Crippen LogP contribution is 2.21. The van der Waals surface area contributed by atoms with Gasteiger partial charge >= 0.3 is 5.97 Å². The smallest absolute Gasteiger partial charge is 0.305 e. The van der Waals surface area contributed by atoms with Crippen molar-refractivity contribution in [1.29, 1.82) is 0 Å².